The van der Waals surface area contributed by atoms with Crippen molar-refractivity contribution < 1.29 is 14.3 Å². The summed E-state index contributed by atoms with van der Waals surface area (Å²) < 4.78 is 11.1. The number of rotatable bonds is 7. The molecular formula is C26H30N2O3S. The zero-order valence-corrected chi connectivity index (χ0v) is 19.9. The maximum Gasteiger partial charge on any atom is 0.238 e. The summed E-state index contributed by atoms with van der Waals surface area (Å²) in [7, 11) is 3.32. The van der Waals surface area contributed by atoms with Gasteiger partial charge in [0.1, 0.15) is 0 Å². The molecule has 0 aliphatic carbocycles. The van der Waals surface area contributed by atoms with Crippen LogP contribution in [-0.2, 0) is 11.2 Å². The quantitative estimate of drug-likeness (QED) is 0.518. The van der Waals surface area contributed by atoms with Gasteiger partial charge >= 0.3 is 0 Å². The Balaban J connectivity index is 1.62. The zero-order valence-electron chi connectivity index (χ0n) is 19.1. The van der Waals surface area contributed by atoms with Crippen molar-refractivity contribution in [2.24, 2.45) is 0 Å². The van der Waals surface area contributed by atoms with Crippen LogP contribution in [0.3, 0.4) is 0 Å². The standard InChI is InChI=1S/C26H30N2O3S/c1-17(2)19-8-5-6-9-21(19)27-25(29)16-28-12-11-18-14-22(30-3)23(31-4)15-20(18)26(28)24-10-7-13-32-24/h5-10,13-15,17,26H,11-12,16H2,1-4H3,(H,27,29)/t26-/m0/s1. The lowest BCUT2D eigenvalue weighted by atomic mass is 9.91. The Morgan fingerprint density at radius 2 is 1.88 bits per heavy atom. The van der Waals surface area contributed by atoms with E-state index in [1.807, 2.05) is 18.2 Å². The Hall–Kier alpha value is -2.83. The van der Waals surface area contributed by atoms with Crippen molar-refractivity contribution in [2.45, 2.75) is 32.2 Å². The van der Waals surface area contributed by atoms with Gasteiger partial charge in [-0.25, -0.2) is 0 Å². The average molecular weight is 451 g/mol. The highest BCUT2D eigenvalue weighted by atomic mass is 32.1. The summed E-state index contributed by atoms with van der Waals surface area (Å²) >= 11 is 1.71. The summed E-state index contributed by atoms with van der Waals surface area (Å²) in [6.45, 7) is 5.40. The first-order valence-corrected chi connectivity index (χ1v) is 11.8. The van der Waals surface area contributed by atoms with Crippen LogP contribution >= 0.6 is 11.3 Å². The van der Waals surface area contributed by atoms with Crippen LogP contribution in [0.2, 0.25) is 0 Å². The fourth-order valence-electron chi connectivity index (χ4n) is 4.44. The molecule has 168 valence electrons. The maximum absolute atomic E-state index is 13.1. The van der Waals surface area contributed by atoms with E-state index in [9.17, 15) is 4.79 Å². The molecule has 1 amide bonds. The van der Waals surface area contributed by atoms with Crippen LogP contribution in [0.15, 0.2) is 53.9 Å². The second-order valence-corrected chi connectivity index (χ2v) is 9.31. The molecule has 5 nitrogen and oxygen atoms in total. The molecular weight excluding hydrogens is 420 g/mol. The number of anilines is 1. The molecule has 0 unspecified atom stereocenters. The van der Waals surface area contributed by atoms with Gasteiger partial charge in [-0.2, -0.15) is 0 Å². The molecule has 3 aromatic rings. The molecule has 1 aliphatic rings. The van der Waals surface area contributed by atoms with Gasteiger partial charge in [0.2, 0.25) is 5.91 Å². The summed E-state index contributed by atoms with van der Waals surface area (Å²) in [6, 6.07) is 16.4. The van der Waals surface area contributed by atoms with Gasteiger partial charge in [-0.15, -0.1) is 11.3 Å². The number of carbonyl (C=O) groups is 1. The number of nitrogens with zero attached hydrogens (tertiary/aromatic N) is 1. The minimum atomic E-state index is 0.00332. The van der Waals surface area contributed by atoms with Crippen LogP contribution < -0.4 is 14.8 Å². The Bertz CT molecular complexity index is 1080. The Labute approximate surface area is 194 Å². The van der Waals surface area contributed by atoms with Crippen molar-refractivity contribution in [1.82, 2.24) is 4.90 Å². The van der Waals surface area contributed by atoms with Crippen molar-refractivity contribution in [1.29, 1.82) is 0 Å². The number of para-hydroxylation sites is 1. The minimum Gasteiger partial charge on any atom is -0.493 e. The lowest BCUT2D eigenvalue weighted by molar-refractivity contribution is -0.117. The maximum atomic E-state index is 13.1. The second kappa shape index (κ2) is 9.76. The van der Waals surface area contributed by atoms with Crippen molar-refractivity contribution in [3.8, 4) is 11.5 Å². The van der Waals surface area contributed by atoms with Crippen molar-refractivity contribution in [3.63, 3.8) is 0 Å². The molecule has 2 aromatic carbocycles. The van der Waals surface area contributed by atoms with Crippen molar-refractivity contribution in [3.05, 3.63) is 75.5 Å². The van der Waals surface area contributed by atoms with Crippen LogP contribution in [-0.4, -0.2) is 38.1 Å². The smallest absolute Gasteiger partial charge is 0.238 e. The molecule has 0 bridgehead atoms. The van der Waals surface area contributed by atoms with Gasteiger partial charge in [-0.1, -0.05) is 38.1 Å². The first-order chi connectivity index (χ1) is 15.5. The van der Waals surface area contributed by atoms with Gasteiger partial charge in [0.25, 0.3) is 0 Å². The number of methoxy groups -OCH3 is 2. The van der Waals surface area contributed by atoms with Crippen LogP contribution in [0.5, 0.6) is 11.5 Å². The highest BCUT2D eigenvalue weighted by Crippen LogP contribution is 2.42. The number of carbonyl (C=O) groups excluding carboxylic acids is 1. The third-order valence-corrected chi connectivity index (χ3v) is 6.91. The summed E-state index contributed by atoms with van der Waals surface area (Å²) in [6.07, 6.45) is 0.855. The van der Waals surface area contributed by atoms with Crippen molar-refractivity contribution in [2.75, 3.05) is 32.6 Å². The highest BCUT2D eigenvalue weighted by molar-refractivity contribution is 7.10. The fraction of sp³-hybridized carbons (Fsp3) is 0.346. The monoisotopic (exact) mass is 450 g/mol. The number of hydrogen-bond acceptors (Lipinski definition) is 5. The van der Waals surface area contributed by atoms with E-state index in [1.54, 1.807) is 25.6 Å². The predicted octanol–water partition coefficient (Wildman–Crippen LogP) is 5.47. The molecule has 6 heteroatoms. The molecule has 0 saturated heterocycles. The highest BCUT2D eigenvalue weighted by Gasteiger charge is 2.32. The van der Waals surface area contributed by atoms with Gasteiger partial charge in [-0.05, 0) is 58.7 Å². The number of ether oxygens (including phenoxy) is 2. The summed E-state index contributed by atoms with van der Waals surface area (Å²) in [5, 5.41) is 5.23. The van der Waals surface area contributed by atoms with E-state index in [0.29, 0.717) is 18.2 Å². The van der Waals surface area contributed by atoms with Gasteiger partial charge in [-0.3, -0.25) is 9.69 Å². The number of fused-ring (bicyclic) bond motifs is 1. The molecule has 1 atom stereocenters. The van der Waals surface area contributed by atoms with E-state index in [-0.39, 0.29) is 11.9 Å². The molecule has 1 aliphatic heterocycles. The summed E-state index contributed by atoms with van der Waals surface area (Å²) in [5.74, 6) is 1.80. The molecule has 1 N–H and O–H groups in total. The van der Waals surface area contributed by atoms with Gasteiger partial charge in [0, 0.05) is 17.1 Å². The van der Waals surface area contributed by atoms with Gasteiger partial charge in [0.15, 0.2) is 11.5 Å². The molecule has 32 heavy (non-hydrogen) atoms. The fourth-order valence-corrected chi connectivity index (χ4v) is 5.31. The zero-order chi connectivity index (χ0) is 22.7. The normalized spacial score (nSPS) is 16.0. The number of amides is 1. The third kappa shape index (κ3) is 4.52. The molecule has 4 rings (SSSR count). The molecule has 0 radical (unpaired) electrons. The number of hydrogen-bond donors (Lipinski definition) is 1. The van der Waals surface area contributed by atoms with Crippen LogP contribution in [0.25, 0.3) is 0 Å². The average Bonchev–Trinajstić information content (AvgIpc) is 3.32. The molecule has 0 spiro atoms. The molecule has 0 fully saturated rings. The molecule has 2 heterocycles. The predicted molar refractivity (Wildman–Crippen MR) is 130 cm³/mol. The number of benzene rings is 2. The second-order valence-electron chi connectivity index (χ2n) is 8.33. The molecule has 1 aromatic heterocycles. The first kappa shape index (κ1) is 22.4. The van der Waals surface area contributed by atoms with E-state index in [0.717, 1.165) is 30.0 Å². The van der Waals surface area contributed by atoms with Gasteiger partial charge in [0.05, 0.1) is 26.8 Å². The van der Waals surface area contributed by atoms with Crippen LogP contribution in [0.1, 0.15) is 47.4 Å². The SMILES string of the molecule is COc1cc2c(cc1OC)[C@@H](c1cccs1)N(CC(=O)Nc1ccccc1C(C)C)CC2. The minimum absolute atomic E-state index is 0.00332. The Kier molecular flexibility index (Phi) is 6.82. The summed E-state index contributed by atoms with van der Waals surface area (Å²) in [4.78, 5) is 16.6. The van der Waals surface area contributed by atoms with Crippen LogP contribution in [0.4, 0.5) is 5.69 Å². The lowest BCUT2D eigenvalue weighted by Gasteiger charge is -2.37. The summed E-state index contributed by atoms with van der Waals surface area (Å²) in [5.41, 5.74) is 4.45. The van der Waals surface area contributed by atoms with E-state index in [4.69, 9.17) is 9.47 Å². The Morgan fingerprint density at radius 3 is 2.56 bits per heavy atom. The van der Waals surface area contributed by atoms with Gasteiger partial charge < -0.3 is 14.8 Å². The van der Waals surface area contributed by atoms with E-state index >= 15 is 0 Å². The van der Waals surface area contributed by atoms with Crippen LogP contribution in [0, 0.1) is 0 Å². The number of thiophene rings is 1. The first-order valence-electron chi connectivity index (χ1n) is 10.9. The van der Waals surface area contributed by atoms with E-state index < -0.39 is 0 Å². The number of nitrogens with one attached hydrogen (secondary N) is 1. The largest absolute Gasteiger partial charge is 0.493 e. The van der Waals surface area contributed by atoms with E-state index in [2.05, 4.69) is 59.8 Å². The van der Waals surface area contributed by atoms with E-state index in [1.165, 1.54) is 16.0 Å². The van der Waals surface area contributed by atoms with Crippen molar-refractivity contribution >= 4 is 22.9 Å². The molecule has 0 saturated carbocycles. The third-order valence-electron chi connectivity index (χ3n) is 5.99. The topological polar surface area (TPSA) is 50.8 Å². The lowest BCUT2D eigenvalue weighted by Crippen LogP contribution is -2.41. The Morgan fingerprint density at radius 1 is 1.12 bits per heavy atom.